The molecule has 0 N–H and O–H groups in total. The highest BCUT2D eigenvalue weighted by Gasteiger charge is 2.48. The van der Waals surface area contributed by atoms with E-state index >= 15 is 0 Å². The third kappa shape index (κ3) is 3.21. The van der Waals surface area contributed by atoms with Gasteiger partial charge in [-0.1, -0.05) is 47.5 Å². The van der Waals surface area contributed by atoms with Crippen molar-refractivity contribution in [1.82, 2.24) is 0 Å². The van der Waals surface area contributed by atoms with Crippen molar-refractivity contribution in [2.75, 3.05) is 0 Å². The standard InChI is InChI=1S/C25H30O3/c1-17-7-9-21(19(3)15-17)24(11-5-12-24)27-23(26)28-25(13-6-14-25)22-10-8-18(2)16-20(22)4/h7-10,15-16H,5-6,11-14H2,1-4H3. The quantitative estimate of drug-likeness (QED) is 0.567. The number of aryl methyl sites for hydroxylation is 4. The van der Waals surface area contributed by atoms with Gasteiger partial charge in [-0.15, -0.1) is 0 Å². The lowest BCUT2D eigenvalue weighted by atomic mass is 9.73. The first-order valence-corrected chi connectivity index (χ1v) is 10.4. The third-order valence-electron chi connectivity index (χ3n) is 6.63. The Morgan fingerprint density at radius 1 is 0.714 bits per heavy atom. The van der Waals surface area contributed by atoms with E-state index in [1.165, 1.54) is 22.3 Å². The molecular weight excluding hydrogens is 348 g/mol. The molecule has 0 spiro atoms. The van der Waals surface area contributed by atoms with Gasteiger partial charge in [0.15, 0.2) is 0 Å². The number of carbonyl (C=O) groups excluding carboxylic acids is 1. The number of hydrogen-bond donors (Lipinski definition) is 0. The van der Waals surface area contributed by atoms with Gasteiger partial charge in [-0.25, -0.2) is 4.79 Å². The molecule has 0 saturated heterocycles. The van der Waals surface area contributed by atoms with Gasteiger partial charge in [-0.05, 0) is 88.5 Å². The predicted octanol–water partition coefficient (Wildman–Crippen LogP) is 6.53. The van der Waals surface area contributed by atoms with Crippen molar-refractivity contribution in [3.05, 3.63) is 69.8 Å². The van der Waals surface area contributed by atoms with Crippen molar-refractivity contribution in [3.8, 4) is 0 Å². The minimum absolute atomic E-state index is 0.526. The summed E-state index contributed by atoms with van der Waals surface area (Å²) in [6.07, 6.45) is 5.07. The molecule has 0 heterocycles. The highest BCUT2D eigenvalue weighted by molar-refractivity contribution is 5.63. The van der Waals surface area contributed by atoms with Gasteiger partial charge in [0, 0.05) is 0 Å². The van der Waals surface area contributed by atoms with E-state index in [2.05, 4.69) is 64.1 Å². The fourth-order valence-corrected chi connectivity index (χ4v) is 4.84. The summed E-state index contributed by atoms with van der Waals surface area (Å²) >= 11 is 0. The van der Waals surface area contributed by atoms with Crippen LogP contribution in [-0.4, -0.2) is 6.16 Å². The summed E-state index contributed by atoms with van der Waals surface area (Å²) in [5.41, 5.74) is 6.00. The Morgan fingerprint density at radius 3 is 1.39 bits per heavy atom. The molecule has 2 aliphatic rings. The molecule has 0 unspecified atom stereocenters. The molecule has 4 rings (SSSR count). The van der Waals surface area contributed by atoms with Crippen LogP contribution in [0.4, 0.5) is 4.79 Å². The van der Waals surface area contributed by atoms with E-state index in [0.717, 1.165) is 49.7 Å². The fraction of sp³-hybridized carbons (Fsp3) is 0.480. The van der Waals surface area contributed by atoms with E-state index in [1.54, 1.807) is 0 Å². The molecule has 3 heteroatoms. The van der Waals surface area contributed by atoms with Crippen LogP contribution in [0.15, 0.2) is 36.4 Å². The maximum Gasteiger partial charge on any atom is 0.510 e. The second kappa shape index (κ2) is 6.95. The lowest BCUT2D eigenvalue weighted by Gasteiger charge is -2.45. The van der Waals surface area contributed by atoms with Crippen LogP contribution in [0, 0.1) is 27.7 Å². The smallest absolute Gasteiger partial charge is 0.423 e. The van der Waals surface area contributed by atoms with Gasteiger partial charge >= 0.3 is 6.16 Å². The van der Waals surface area contributed by atoms with Gasteiger partial charge in [0.2, 0.25) is 0 Å². The number of rotatable bonds is 4. The summed E-state index contributed by atoms with van der Waals surface area (Å²) in [6, 6.07) is 12.7. The van der Waals surface area contributed by atoms with Crippen LogP contribution >= 0.6 is 0 Å². The van der Waals surface area contributed by atoms with Gasteiger partial charge in [-0.3, -0.25) is 0 Å². The molecule has 2 aromatic rings. The zero-order valence-corrected chi connectivity index (χ0v) is 17.4. The van der Waals surface area contributed by atoms with Crippen LogP contribution in [0.25, 0.3) is 0 Å². The molecule has 2 fully saturated rings. The lowest BCUT2D eigenvalue weighted by Crippen LogP contribution is -2.44. The van der Waals surface area contributed by atoms with E-state index in [4.69, 9.17) is 9.47 Å². The Bertz CT molecular complexity index is 831. The fourth-order valence-electron chi connectivity index (χ4n) is 4.84. The summed E-state index contributed by atoms with van der Waals surface area (Å²) in [7, 11) is 0. The second-order valence-corrected chi connectivity index (χ2v) is 8.79. The predicted molar refractivity (Wildman–Crippen MR) is 110 cm³/mol. The number of benzene rings is 2. The Hall–Kier alpha value is -2.29. The average Bonchev–Trinajstić information content (AvgIpc) is 2.55. The minimum Gasteiger partial charge on any atom is -0.423 e. The maximum absolute atomic E-state index is 12.9. The van der Waals surface area contributed by atoms with Crippen LogP contribution in [0.5, 0.6) is 0 Å². The molecule has 28 heavy (non-hydrogen) atoms. The summed E-state index contributed by atoms with van der Waals surface area (Å²) in [5, 5.41) is 0. The van der Waals surface area contributed by atoms with E-state index in [1.807, 2.05) is 0 Å². The molecule has 0 atom stereocenters. The zero-order valence-electron chi connectivity index (χ0n) is 17.4. The van der Waals surface area contributed by atoms with Crippen molar-refractivity contribution in [1.29, 1.82) is 0 Å². The van der Waals surface area contributed by atoms with Crippen molar-refractivity contribution in [3.63, 3.8) is 0 Å². The van der Waals surface area contributed by atoms with Crippen LogP contribution in [0.1, 0.15) is 71.9 Å². The average molecular weight is 379 g/mol. The van der Waals surface area contributed by atoms with Crippen LogP contribution < -0.4 is 0 Å². The number of ether oxygens (including phenoxy) is 2. The van der Waals surface area contributed by atoms with Crippen molar-refractivity contribution < 1.29 is 14.3 Å². The molecule has 2 aliphatic carbocycles. The molecular formula is C25H30O3. The van der Waals surface area contributed by atoms with Crippen molar-refractivity contribution in [2.45, 2.75) is 77.4 Å². The van der Waals surface area contributed by atoms with Gasteiger partial charge in [0.05, 0.1) is 0 Å². The van der Waals surface area contributed by atoms with E-state index < -0.39 is 17.4 Å². The van der Waals surface area contributed by atoms with E-state index in [-0.39, 0.29) is 0 Å². The van der Waals surface area contributed by atoms with Crippen molar-refractivity contribution in [2.24, 2.45) is 0 Å². The van der Waals surface area contributed by atoms with Crippen LogP contribution in [0.3, 0.4) is 0 Å². The molecule has 3 nitrogen and oxygen atoms in total. The molecule has 0 bridgehead atoms. The monoisotopic (exact) mass is 378 g/mol. The van der Waals surface area contributed by atoms with Gasteiger partial charge < -0.3 is 9.47 Å². The first-order chi connectivity index (χ1) is 13.3. The zero-order chi connectivity index (χ0) is 19.9. The number of hydrogen-bond acceptors (Lipinski definition) is 3. The number of carbonyl (C=O) groups is 1. The Kier molecular flexibility index (Phi) is 4.73. The molecule has 148 valence electrons. The van der Waals surface area contributed by atoms with E-state index in [9.17, 15) is 4.79 Å². The minimum atomic E-state index is -0.528. The lowest BCUT2D eigenvalue weighted by molar-refractivity contribution is -0.136. The molecule has 0 amide bonds. The topological polar surface area (TPSA) is 35.5 Å². The summed E-state index contributed by atoms with van der Waals surface area (Å²) in [4.78, 5) is 12.9. The first-order valence-electron chi connectivity index (χ1n) is 10.4. The van der Waals surface area contributed by atoms with Crippen LogP contribution in [0.2, 0.25) is 0 Å². The Labute approximate surface area is 168 Å². The van der Waals surface area contributed by atoms with Gasteiger partial charge in [-0.2, -0.15) is 0 Å². The summed E-state index contributed by atoms with van der Waals surface area (Å²) in [5.74, 6) is 0. The van der Waals surface area contributed by atoms with Gasteiger partial charge in [0.25, 0.3) is 0 Å². The van der Waals surface area contributed by atoms with Crippen molar-refractivity contribution >= 4 is 6.16 Å². The highest BCUT2D eigenvalue weighted by Crippen LogP contribution is 2.49. The normalized spacial score (nSPS) is 19.3. The van der Waals surface area contributed by atoms with E-state index in [0.29, 0.717) is 0 Å². The highest BCUT2D eigenvalue weighted by atomic mass is 16.7. The summed E-state index contributed by atoms with van der Waals surface area (Å²) < 4.78 is 12.1. The first kappa shape index (κ1) is 19.0. The molecule has 0 radical (unpaired) electrons. The SMILES string of the molecule is Cc1ccc(C2(OC(=O)OC3(c4ccc(C)cc4C)CCC3)CCC2)c(C)c1. The third-order valence-corrected chi connectivity index (χ3v) is 6.63. The van der Waals surface area contributed by atoms with Gasteiger partial charge in [0.1, 0.15) is 11.2 Å². The summed E-state index contributed by atoms with van der Waals surface area (Å²) in [6.45, 7) is 8.37. The second-order valence-electron chi connectivity index (χ2n) is 8.79. The molecule has 2 saturated carbocycles. The Balaban J connectivity index is 1.56. The molecule has 2 aromatic carbocycles. The maximum atomic E-state index is 12.9. The largest absolute Gasteiger partial charge is 0.510 e. The molecule has 0 aliphatic heterocycles. The molecule has 0 aromatic heterocycles. The van der Waals surface area contributed by atoms with Crippen LogP contribution in [-0.2, 0) is 20.7 Å². The Morgan fingerprint density at radius 2 is 1.11 bits per heavy atom.